The lowest BCUT2D eigenvalue weighted by Crippen LogP contribution is -2.24. The fraction of sp³-hybridized carbons (Fsp3) is 0.576. The van der Waals surface area contributed by atoms with Crippen LogP contribution in [-0.4, -0.2) is 0 Å². The third kappa shape index (κ3) is 30.2. The summed E-state index contributed by atoms with van der Waals surface area (Å²) in [6, 6.07) is 36.7. The second-order valence-electron chi connectivity index (χ2n) is 32.4. The van der Waals surface area contributed by atoms with Crippen LogP contribution in [0.4, 0.5) is 0 Å². The van der Waals surface area contributed by atoms with Gasteiger partial charge in [0.1, 0.15) is 0 Å². The van der Waals surface area contributed by atoms with Crippen molar-refractivity contribution < 1.29 is 9.60 Å². The highest BCUT2D eigenvalue weighted by Gasteiger charge is 2.28. The van der Waals surface area contributed by atoms with Gasteiger partial charge in [0, 0.05) is 4.11 Å². The maximum absolute atomic E-state index is 8.39. The van der Waals surface area contributed by atoms with Crippen LogP contribution in [0.1, 0.15) is 318 Å². The van der Waals surface area contributed by atoms with Crippen molar-refractivity contribution in [2.75, 3.05) is 0 Å². The van der Waals surface area contributed by atoms with Gasteiger partial charge in [0.05, 0.1) is 5.48 Å². The third-order valence-electron chi connectivity index (χ3n) is 14.8. The molecule has 1 atom stereocenters. The molecule has 0 aromatic heterocycles. The summed E-state index contributed by atoms with van der Waals surface area (Å²) in [5.41, 5.74) is 19.9. The number of rotatable bonds is 5. The maximum Gasteiger partial charge on any atom is 0.0629 e. The lowest BCUT2D eigenvalue weighted by Gasteiger charge is -2.33. The Balaban J connectivity index is 0.00000106. The summed E-state index contributed by atoms with van der Waals surface area (Å²) < 4.78 is 55.6. The predicted octanol–water partition coefficient (Wildman–Crippen LogP) is 26.7. The molecule has 0 heteroatoms. The van der Waals surface area contributed by atoms with E-state index >= 15 is 0 Å². The second-order valence-corrected chi connectivity index (χ2v) is 32.4. The van der Waals surface area contributed by atoms with E-state index in [1.807, 2.05) is 55.4 Å². The van der Waals surface area contributed by atoms with Crippen molar-refractivity contribution in [3.63, 3.8) is 0 Å². The topological polar surface area (TPSA) is 0 Å². The van der Waals surface area contributed by atoms with E-state index in [0.717, 1.165) is 24.8 Å². The average molecular weight is 1170 g/mol. The minimum atomic E-state index is -1.04. The first kappa shape index (κ1) is 67.8. The Morgan fingerprint density at radius 2 is 0.718 bits per heavy atom. The van der Waals surface area contributed by atoms with Gasteiger partial charge in [0.25, 0.3) is 0 Å². The molecule has 0 aliphatic heterocycles. The molecule has 0 nitrogen and oxygen atoms in total. The number of hydrogen-bond donors (Lipinski definition) is 0. The molecule has 0 aliphatic carbocycles. The SMILES string of the molecule is Cc1cccc(C)c1C(C)(C)C.Cc1cccc(C)c1C(C)(C)C.Cc1ccccc1C(C)(C)C.Cc1ccccc1C(C)(C)C.[2H]C(C)(C)c1cccc(C(C)(C)C)c1C(C)(C)C.[2H]C([2H])(C(CC)CCC)C(C)(C)C.[2H]c1c([2H])c(C)c([2H])c(C(C)(C)C)c1[2H]. The first-order valence-electron chi connectivity index (χ1n) is 35.7. The van der Waals surface area contributed by atoms with Gasteiger partial charge in [-0.15, -0.1) is 0 Å². The normalized spacial score (nSPS) is 13.9. The average Bonchev–Trinajstić information content (AvgIpc) is 0.782. The van der Waals surface area contributed by atoms with Crippen LogP contribution in [0.25, 0.3) is 0 Å². The van der Waals surface area contributed by atoms with Crippen LogP contribution in [0, 0.1) is 59.8 Å². The van der Waals surface area contributed by atoms with Crippen molar-refractivity contribution in [3.8, 4) is 0 Å². The van der Waals surface area contributed by atoms with Gasteiger partial charge in [-0.1, -0.05) is 346 Å². The molecule has 0 heterocycles. The Morgan fingerprint density at radius 3 is 0.976 bits per heavy atom. The van der Waals surface area contributed by atoms with E-state index in [2.05, 4.69) is 283 Å². The van der Waals surface area contributed by atoms with Gasteiger partial charge in [-0.3, -0.25) is 0 Å². The van der Waals surface area contributed by atoms with Gasteiger partial charge in [-0.2, -0.15) is 0 Å². The van der Waals surface area contributed by atoms with Crippen molar-refractivity contribution in [2.45, 2.75) is 312 Å². The van der Waals surface area contributed by atoms with Crippen molar-refractivity contribution in [3.05, 3.63) is 211 Å². The fourth-order valence-electron chi connectivity index (χ4n) is 11.4. The predicted molar refractivity (Wildman–Crippen MR) is 390 cm³/mol. The van der Waals surface area contributed by atoms with Gasteiger partial charge < -0.3 is 0 Å². The van der Waals surface area contributed by atoms with E-state index in [0.29, 0.717) is 11.1 Å². The summed E-state index contributed by atoms with van der Waals surface area (Å²) in [4.78, 5) is 0. The van der Waals surface area contributed by atoms with Crippen LogP contribution < -0.4 is 0 Å². The van der Waals surface area contributed by atoms with Gasteiger partial charge in [0.15, 0.2) is 0 Å². The molecule has 476 valence electrons. The molecule has 0 spiro atoms. The van der Waals surface area contributed by atoms with Gasteiger partial charge >= 0.3 is 0 Å². The molecule has 1 unspecified atom stereocenters. The summed E-state index contributed by atoms with van der Waals surface area (Å²) in [6.07, 6.45) is 1.98. The van der Waals surface area contributed by atoms with E-state index in [-0.39, 0.29) is 73.4 Å². The number of hydrogen-bond acceptors (Lipinski definition) is 0. The molecule has 0 saturated carbocycles. The van der Waals surface area contributed by atoms with Crippen molar-refractivity contribution in [2.24, 2.45) is 11.3 Å². The third-order valence-corrected chi connectivity index (χ3v) is 14.8. The van der Waals surface area contributed by atoms with E-state index in [1.54, 1.807) is 6.92 Å². The quantitative estimate of drug-likeness (QED) is 0.161. The zero-order valence-corrected chi connectivity index (χ0v) is 62.0. The highest BCUT2D eigenvalue weighted by atomic mass is 14.3. The Morgan fingerprint density at radius 1 is 0.388 bits per heavy atom. The van der Waals surface area contributed by atoms with Gasteiger partial charge in [-0.05, 0) is 188 Å². The largest absolute Gasteiger partial charge is 0.0654 e. The Labute approximate surface area is 540 Å². The van der Waals surface area contributed by atoms with Crippen molar-refractivity contribution in [1.29, 1.82) is 0 Å². The van der Waals surface area contributed by atoms with Crippen LogP contribution in [0.5, 0.6) is 0 Å². The minimum absolute atomic E-state index is 0.00185. The van der Waals surface area contributed by atoms with E-state index in [4.69, 9.17) is 9.60 Å². The summed E-state index contributed by atoms with van der Waals surface area (Å²) in [7, 11) is 0. The van der Waals surface area contributed by atoms with E-state index in [1.165, 1.54) is 66.8 Å². The molecule has 0 N–H and O–H groups in total. The van der Waals surface area contributed by atoms with E-state index < -0.39 is 12.3 Å². The smallest absolute Gasteiger partial charge is 0.0629 e. The number of aryl methyl sites for hydroxylation is 6. The Hall–Kier alpha value is -4.68. The van der Waals surface area contributed by atoms with Crippen LogP contribution in [0.2, 0.25) is 0 Å². The molecular formula is C85H136. The molecule has 0 fully saturated rings. The maximum atomic E-state index is 8.39. The lowest BCUT2D eigenvalue weighted by atomic mass is 9.71. The summed E-state index contributed by atoms with van der Waals surface area (Å²) in [6.45, 7) is 75.2. The molecule has 6 rings (SSSR count). The molecule has 0 aliphatic rings. The molecular weight excluding hydrogens is 1020 g/mol. The molecule has 6 aromatic carbocycles. The van der Waals surface area contributed by atoms with Crippen LogP contribution in [0.3, 0.4) is 0 Å². The first-order valence-corrected chi connectivity index (χ1v) is 32.2. The zero-order valence-electron chi connectivity index (χ0n) is 69.0. The fourth-order valence-corrected chi connectivity index (χ4v) is 11.4. The van der Waals surface area contributed by atoms with Gasteiger partial charge in [0.2, 0.25) is 0 Å². The van der Waals surface area contributed by atoms with Crippen LogP contribution in [0.15, 0.2) is 127 Å². The van der Waals surface area contributed by atoms with E-state index in [9.17, 15) is 0 Å². The zero-order chi connectivity index (χ0) is 72.7. The molecule has 6 aromatic rings. The molecule has 0 radical (unpaired) electrons. The monoisotopic (exact) mass is 1160 g/mol. The standard InChI is InChI=1S/C17H28.2C12H18.3C11H16.C11H24/c1-12(2)13-10-9-11-14(16(3,4)5)15(13)17(6,7)8;2*1-9-7-6-8-10(2)11(9)12(3,4)5;1-9-6-5-7-10(8-9)11(2,3)4;2*1-9-7-5-6-8-10(9)11(2,3)4;1-6-8-10(7-2)9-11(3,4)5/h9-12H,1-8H3;2*6-8H,1-5H3;3*5-8H,1-4H3;10H,6-9H2,1-5H3/i12D;;;5D,6D,7D,8D;;;9D2. The molecule has 0 saturated heterocycles. The van der Waals surface area contributed by atoms with Crippen molar-refractivity contribution in [1.82, 2.24) is 0 Å². The summed E-state index contributed by atoms with van der Waals surface area (Å²) in [5, 5.41) is 0. The first-order chi connectivity index (χ1) is 41.2. The molecule has 0 bridgehead atoms. The van der Waals surface area contributed by atoms with Crippen molar-refractivity contribution >= 4 is 0 Å². The Kier molecular flexibility index (Phi) is 27.3. The van der Waals surface area contributed by atoms with Gasteiger partial charge in [-0.25, -0.2) is 0 Å². The Bertz CT molecular complexity index is 3000. The highest BCUT2D eigenvalue weighted by Crippen LogP contribution is 2.39. The molecule has 0 amide bonds. The van der Waals surface area contributed by atoms with Crippen LogP contribution >= 0.6 is 0 Å². The highest BCUT2D eigenvalue weighted by molar-refractivity contribution is 5.45. The second kappa shape index (κ2) is 34.2. The summed E-state index contributed by atoms with van der Waals surface area (Å²) in [5.74, 6) is -0.346. The lowest BCUT2D eigenvalue weighted by molar-refractivity contribution is 0.275. The minimum Gasteiger partial charge on any atom is -0.0654 e. The number of benzene rings is 6. The summed E-state index contributed by atoms with van der Waals surface area (Å²) >= 11 is 0. The molecule has 85 heavy (non-hydrogen) atoms. The van der Waals surface area contributed by atoms with Crippen LogP contribution in [-0.2, 0) is 37.9 Å².